The van der Waals surface area contributed by atoms with Gasteiger partial charge in [0, 0.05) is 12.5 Å². The van der Waals surface area contributed by atoms with Crippen molar-refractivity contribution in [1.82, 2.24) is 4.90 Å². The van der Waals surface area contributed by atoms with Gasteiger partial charge >= 0.3 is 5.97 Å². The van der Waals surface area contributed by atoms with Gasteiger partial charge in [-0.1, -0.05) is 6.92 Å². The zero-order chi connectivity index (χ0) is 14.8. The lowest BCUT2D eigenvalue weighted by Crippen LogP contribution is -2.41. The van der Waals surface area contributed by atoms with Crippen LogP contribution in [0.1, 0.15) is 39.0 Å². The van der Waals surface area contributed by atoms with E-state index in [1.807, 2.05) is 0 Å². The largest absolute Gasteiger partial charge is 0.481 e. The number of carboxylic acid groups (broad SMARTS) is 1. The molecule has 3 aliphatic rings. The first-order valence-electron chi connectivity index (χ1n) is 7.12. The van der Waals surface area contributed by atoms with Crippen molar-refractivity contribution in [3.05, 3.63) is 0 Å². The van der Waals surface area contributed by atoms with Gasteiger partial charge < -0.3 is 10.0 Å². The van der Waals surface area contributed by atoms with Gasteiger partial charge in [-0.3, -0.25) is 9.59 Å². The van der Waals surface area contributed by atoms with Crippen LogP contribution in [0.3, 0.4) is 0 Å². The van der Waals surface area contributed by atoms with Crippen LogP contribution in [0.5, 0.6) is 0 Å². The number of fused-ring (bicyclic) bond motifs is 2. The fourth-order valence-electron chi connectivity index (χ4n) is 4.22. The highest BCUT2D eigenvalue weighted by molar-refractivity contribution is 5.87. The van der Waals surface area contributed by atoms with E-state index in [9.17, 15) is 23.5 Å². The normalized spacial score (nSPS) is 42.1. The summed E-state index contributed by atoms with van der Waals surface area (Å²) in [5.41, 5.74) is -1.48. The minimum Gasteiger partial charge on any atom is -0.481 e. The molecular formula is C14H19F2NO3. The lowest BCUT2D eigenvalue weighted by Gasteiger charge is -2.30. The molecule has 3 fully saturated rings. The average molecular weight is 287 g/mol. The number of halogens is 2. The Morgan fingerprint density at radius 2 is 1.70 bits per heavy atom. The predicted octanol–water partition coefficient (Wildman–Crippen LogP) is 2.14. The molecule has 4 nitrogen and oxygen atoms in total. The Kier molecular flexibility index (Phi) is 2.70. The van der Waals surface area contributed by atoms with Crippen molar-refractivity contribution in [2.45, 2.75) is 45.0 Å². The number of carbonyl (C=O) groups is 2. The molecule has 0 radical (unpaired) electrons. The summed E-state index contributed by atoms with van der Waals surface area (Å²) in [7, 11) is 0. The molecule has 1 saturated heterocycles. The van der Waals surface area contributed by atoms with Crippen LogP contribution in [0.15, 0.2) is 0 Å². The maximum atomic E-state index is 13.6. The van der Waals surface area contributed by atoms with Gasteiger partial charge in [-0.05, 0) is 32.1 Å². The van der Waals surface area contributed by atoms with Crippen LogP contribution in [0.4, 0.5) is 8.78 Å². The highest BCUT2D eigenvalue weighted by Crippen LogP contribution is 2.62. The zero-order valence-corrected chi connectivity index (χ0v) is 11.5. The smallest absolute Gasteiger partial charge is 0.309 e. The van der Waals surface area contributed by atoms with Crippen LogP contribution in [-0.4, -0.2) is 40.9 Å². The van der Waals surface area contributed by atoms with E-state index in [4.69, 9.17) is 0 Å². The number of nitrogens with zero attached hydrogens (tertiary/aromatic N) is 1. The van der Waals surface area contributed by atoms with Crippen molar-refractivity contribution < 1.29 is 23.5 Å². The molecule has 0 spiro atoms. The maximum Gasteiger partial charge on any atom is 0.309 e. The standard InChI is InChI=1S/C14H19F2NO3/c1-9-6-17(8-14(9,15)16)10(18)12-2-4-13(7-12,5-3-12)11(19)20/h9H,2-8H2,1H3,(H,19,20). The molecule has 20 heavy (non-hydrogen) atoms. The first-order chi connectivity index (χ1) is 9.21. The number of amides is 1. The number of carboxylic acids is 1. The van der Waals surface area contributed by atoms with Crippen molar-refractivity contribution in [1.29, 1.82) is 0 Å². The summed E-state index contributed by atoms with van der Waals surface area (Å²) in [5, 5.41) is 9.33. The van der Waals surface area contributed by atoms with E-state index >= 15 is 0 Å². The van der Waals surface area contributed by atoms with Gasteiger partial charge in [0.15, 0.2) is 0 Å². The molecule has 1 amide bonds. The van der Waals surface area contributed by atoms with Gasteiger partial charge in [0.2, 0.25) is 5.91 Å². The van der Waals surface area contributed by atoms with Crippen molar-refractivity contribution in [2.24, 2.45) is 16.7 Å². The molecule has 2 bridgehead atoms. The fourth-order valence-corrected chi connectivity index (χ4v) is 4.22. The second-order valence-electron chi connectivity index (χ2n) is 6.89. The SMILES string of the molecule is CC1CN(C(=O)C23CCC(C(=O)O)(CC2)C3)CC1(F)F. The summed E-state index contributed by atoms with van der Waals surface area (Å²) in [6, 6.07) is 0. The number of hydrogen-bond donors (Lipinski definition) is 1. The quantitative estimate of drug-likeness (QED) is 0.846. The molecule has 1 heterocycles. The monoisotopic (exact) mass is 287 g/mol. The number of carbonyl (C=O) groups excluding carboxylic acids is 1. The fraction of sp³-hybridized carbons (Fsp3) is 0.857. The number of aliphatic carboxylic acids is 1. The van der Waals surface area contributed by atoms with Gasteiger partial charge in [-0.15, -0.1) is 0 Å². The van der Waals surface area contributed by atoms with Crippen LogP contribution in [0, 0.1) is 16.7 Å². The average Bonchev–Trinajstić information content (AvgIpc) is 3.01. The van der Waals surface area contributed by atoms with Crippen molar-refractivity contribution in [2.75, 3.05) is 13.1 Å². The van der Waals surface area contributed by atoms with Crippen molar-refractivity contribution >= 4 is 11.9 Å². The lowest BCUT2D eigenvalue weighted by molar-refractivity contribution is -0.148. The summed E-state index contributed by atoms with van der Waals surface area (Å²) >= 11 is 0. The third-order valence-corrected chi connectivity index (χ3v) is 5.65. The molecule has 0 aromatic heterocycles. The first kappa shape index (κ1) is 13.8. The van der Waals surface area contributed by atoms with E-state index in [-0.39, 0.29) is 12.5 Å². The molecule has 2 saturated carbocycles. The van der Waals surface area contributed by atoms with Crippen molar-refractivity contribution in [3.8, 4) is 0 Å². The maximum absolute atomic E-state index is 13.6. The Balaban J connectivity index is 1.79. The highest BCUT2D eigenvalue weighted by atomic mass is 19.3. The third-order valence-electron chi connectivity index (χ3n) is 5.65. The number of hydrogen-bond acceptors (Lipinski definition) is 2. The van der Waals surface area contributed by atoms with Crippen LogP contribution < -0.4 is 0 Å². The van der Waals surface area contributed by atoms with E-state index < -0.39 is 35.2 Å². The summed E-state index contributed by atoms with van der Waals surface area (Å²) in [6.07, 6.45) is 2.36. The van der Waals surface area contributed by atoms with Crippen LogP contribution in [0.25, 0.3) is 0 Å². The van der Waals surface area contributed by atoms with E-state index in [2.05, 4.69) is 0 Å². The molecule has 2 aliphatic carbocycles. The second kappa shape index (κ2) is 3.92. The Hall–Kier alpha value is -1.20. The summed E-state index contributed by atoms with van der Waals surface area (Å²) in [6.45, 7) is 1.01. The van der Waals surface area contributed by atoms with E-state index in [0.29, 0.717) is 32.1 Å². The summed E-state index contributed by atoms with van der Waals surface area (Å²) in [5.74, 6) is -4.74. The van der Waals surface area contributed by atoms with Gasteiger partial charge in [0.1, 0.15) is 0 Å². The molecule has 1 atom stereocenters. The molecule has 3 rings (SSSR count). The Morgan fingerprint density at radius 3 is 2.10 bits per heavy atom. The van der Waals surface area contributed by atoms with Gasteiger partial charge in [0.05, 0.1) is 17.4 Å². The Labute approximate surface area is 116 Å². The van der Waals surface area contributed by atoms with Crippen LogP contribution in [0.2, 0.25) is 0 Å². The van der Waals surface area contributed by atoms with Crippen molar-refractivity contribution in [3.63, 3.8) is 0 Å². The topological polar surface area (TPSA) is 57.6 Å². The highest BCUT2D eigenvalue weighted by Gasteiger charge is 2.63. The predicted molar refractivity (Wildman–Crippen MR) is 66.3 cm³/mol. The third kappa shape index (κ3) is 1.69. The van der Waals surface area contributed by atoms with E-state index in [1.165, 1.54) is 11.8 Å². The molecule has 6 heteroatoms. The van der Waals surface area contributed by atoms with Gasteiger partial charge in [-0.25, -0.2) is 8.78 Å². The molecule has 0 aromatic rings. The number of likely N-dealkylation sites (tertiary alicyclic amines) is 1. The number of rotatable bonds is 2. The minimum absolute atomic E-state index is 0.0770. The van der Waals surface area contributed by atoms with Crippen LogP contribution in [-0.2, 0) is 9.59 Å². The second-order valence-corrected chi connectivity index (χ2v) is 6.89. The molecule has 1 aliphatic heterocycles. The first-order valence-corrected chi connectivity index (χ1v) is 7.12. The molecule has 112 valence electrons. The molecular weight excluding hydrogens is 268 g/mol. The molecule has 1 unspecified atom stereocenters. The van der Waals surface area contributed by atoms with Gasteiger partial charge in [0.25, 0.3) is 5.92 Å². The number of alkyl halides is 2. The molecule has 0 aromatic carbocycles. The van der Waals surface area contributed by atoms with E-state index in [0.717, 1.165) is 0 Å². The van der Waals surface area contributed by atoms with Crippen LogP contribution >= 0.6 is 0 Å². The lowest BCUT2D eigenvalue weighted by atomic mass is 9.81. The zero-order valence-electron chi connectivity index (χ0n) is 11.5. The summed E-state index contributed by atoms with van der Waals surface area (Å²) < 4.78 is 27.2. The Bertz CT molecular complexity index is 469. The molecule has 1 N–H and O–H groups in total. The van der Waals surface area contributed by atoms with Gasteiger partial charge in [-0.2, -0.15) is 0 Å². The summed E-state index contributed by atoms with van der Waals surface area (Å²) in [4.78, 5) is 25.3. The Morgan fingerprint density at radius 1 is 1.15 bits per heavy atom. The van der Waals surface area contributed by atoms with E-state index in [1.54, 1.807) is 0 Å². The minimum atomic E-state index is -2.83.